The molecule has 0 heterocycles. The molecule has 0 spiro atoms. The number of ketones is 2. The lowest BCUT2D eigenvalue weighted by Gasteiger charge is -1.97. The number of nitro groups is 1. The second-order valence-electron chi connectivity index (χ2n) is 3.00. The molecule has 0 aliphatic rings. The standard InChI is InChI=1S/C10H9NO4/c12-9(7-11(14)15)6-10(13)8-4-2-1-3-5-8/h1-5H,6-7H2. The minimum atomic E-state index is -0.793. The van der Waals surface area contributed by atoms with E-state index in [9.17, 15) is 19.7 Å². The molecule has 1 rings (SSSR count). The number of carbonyl (C=O) groups is 2. The molecule has 0 radical (unpaired) electrons. The topological polar surface area (TPSA) is 77.3 Å². The molecule has 5 nitrogen and oxygen atoms in total. The number of hydrogen-bond donors (Lipinski definition) is 0. The molecule has 0 aromatic heterocycles. The zero-order valence-corrected chi connectivity index (χ0v) is 7.88. The Morgan fingerprint density at radius 3 is 2.33 bits per heavy atom. The Kier molecular flexibility index (Phi) is 3.68. The van der Waals surface area contributed by atoms with Crippen LogP contribution in [0.1, 0.15) is 16.8 Å². The summed E-state index contributed by atoms with van der Waals surface area (Å²) in [5, 5.41) is 10.0. The number of Topliss-reactive ketones (excluding diaryl/α,β-unsaturated/α-hetero) is 2. The molecule has 5 heteroatoms. The van der Waals surface area contributed by atoms with Crippen LogP contribution in [0.3, 0.4) is 0 Å². The first-order valence-electron chi connectivity index (χ1n) is 4.31. The SMILES string of the molecule is O=C(CC(=O)c1ccccc1)C[N+](=O)[O-]. The highest BCUT2D eigenvalue weighted by Crippen LogP contribution is 2.03. The lowest BCUT2D eigenvalue weighted by molar-refractivity contribution is -0.467. The maximum absolute atomic E-state index is 11.4. The van der Waals surface area contributed by atoms with E-state index in [2.05, 4.69) is 0 Å². The summed E-state index contributed by atoms with van der Waals surface area (Å²) in [5.74, 6) is -1.06. The van der Waals surface area contributed by atoms with E-state index in [0.717, 1.165) is 0 Å². The molecule has 0 aliphatic heterocycles. The van der Waals surface area contributed by atoms with E-state index in [1.807, 2.05) is 0 Å². The third kappa shape index (κ3) is 3.68. The molecule has 0 aliphatic carbocycles. The maximum atomic E-state index is 11.4. The molecule has 0 amide bonds. The minimum Gasteiger partial charge on any atom is -0.294 e. The van der Waals surface area contributed by atoms with Gasteiger partial charge in [0, 0.05) is 10.5 Å². The van der Waals surface area contributed by atoms with E-state index in [0.29, 0.717) is 5.56 Å². The molecule has 0 atom stereocenters. The van der Waals surface area contributed by atoms with E-state index in [-0.39, 0.29) is 5.78 Å². The Balaban J connectivity index is 2.57. The van der Waals surface area contributed by atoms with Gasteiger partial charge in [0.1, 0.15) is 0 Å². The van der Waals surface area contributed by atoms with Crippen LogP contribution in [-0.2, 0) is 4.79 Å². The van der Waals surface area contributed by atoms with Gasteiger partial charge in [-0.2, -0.15) is 0 Å². The first-order valence-corrected chi connectivity index (χ1v) is 4.31. The van der Waals surface area contributed by atoms with Gasteiger partial charge in [-0.25, -0.2) is 0 Å². The molecule has 0 saturated heterocycles. The van der Waals surface area contributed by atoms with Crippen LogP contribution in [0.4, 0.5) is 0 Å². The Hall–Kier alpha value is -2.04. The largest absolute Gasteiger partial charge is 0.294 e. The van der Waals surface area contributed by atoms with Gasteiger partial charge < -0.3 is 0 Å². The van der Waals surface area contributed by atoms with Crippen molar-refractivity contribution in [3.63, 3.8) is 0 Å². The van der Waals surface area contributed by atoms with Gasteiger partial charge in [0.15, 0.2) is 5.78 Å². The van der Waals surface area contributed by atoms with Crippen molar-refractivity contribution in [3.8, 4) is 0 Å². The zero-order chi connectivity index (χ0) is 11.3. The van der Waals surface area contributed by atoms with Crippen molar-refractivity contribution in [2.75, 3.05) is 6.54 Å². The first-order chi connectivity index (χ1) is 7.09. The zero-order valence-electron chi connectivity index (χ0n) is 7.88. The van der Waals surface area contributed by atoms with Gasteiger partial charge in [-0.3, -0.25) is 19.7 Å². The van der Waals surface area contributed by atoms with Crippen molar-refractivity contribution in [2.24, 2.45) is 0 Å². The first kappa shape index (κ1) is 11.0. The van der Waals surface area contributed by atoms with Gasteiger partial charge in [0.05, 0.1) is 6.42 Å². The second kappa shape index (κ2) is 4.99. The number of nitrogens with zero attached hydrogens (tertiary/aromatic N) is 1. The number of benzene rings is 1. The fourth-order valence-corrected chi connectivity index (χ4v) is 1.11. The Bertz CT molecular complexity index is 386. The molecule has 0 fully saturated rings. The Morgan fingerprint density at radius 2 is 1.80 bits per heavy atom. The van der Waals surface area contributed by atoms with E-state index in [4.69, 9.17) is 0 Å². The van der Waals surface area contributed by atoms with Gasteiger partial charge >= 0.3 is 0 Å². The molecular weight excluding hydrogens is 198 g/mol. The summed E-state index contributed by atoms with van der Waals surface area (Å²) >= 11 is 0. The number of carbonyl (C=O) groups excluding carboxylic acids is 2. The van der Waals surface area contributed by atoms with Crippen LogP contribution in [0.2, 0.25) is 0 Å². The third-order valence-electron chi connectivity index (χ3n) is 1.76. The van der Waals surface area contributed by atoms with Crippen molar-refractivity contribution in [3.05, 3.63) is 46.0 Å². The molecule has 15 heavy (non-hydrogen) atoms. The summed E-state index contributed by atoms with van der Waals surface area (Å²) < 4.78 is 0. The van der Waals surface area contributed by atoms with Crippen LogP contribution in [0, 0.1) is 10.1 Å². The van der Waals surface area contributed by atoms with Gasteiger partial charge in [-0.15, -0.1) is 0 Å². The van der Waals surface area contributed by atoms with Crippen molar-refractivity contribution in [1.82, 2.24) is 0 Å². The van der Waals surface area contributed by atoms with Crippen LogP contribution in [0.15, 0.2) is 30.3 Å². The molecule has 0 bridgehead atoms. The smallest absolute Gasteiger partial charge is 0.261 e. The van der Waals surface area contributed by atoms with E-state index in [1.165, 1.54) is 0 Å². The average molecular weight is 207 g/mol. The summed E-state index contributed by atoms with van der Waals surface area (Å²) in [6.45, 7) is -0.793. The monoisotopic (exact) mass is 207 g/mol. The molecule has 0 N–H and O–H groups in total. The van der Waals surface area contributed by atoms with Crippen molar-refractivity contribution in [2.45, 2.75) is 6.42 Å². The molecule has 78 valence electrons. The minimum absolute atomic E-state index is 0.387. The molecule has 0 saturated carbocycles. The van der Waals surface area contributed by atoms with Gasteiger partial charge in [-0.05, 0) is 0 Å². The van der Waals surface area contributed by atoms with Crippen LogP contribution < -0.4 is 0 Å². The fourth-order valence-electron chi connectivity index (χ4n) is 1.11. The summed E-state index contributed by atoms with van der Waals surface area (Å²) in [6, 6.07) is 8.23. The predicted octanol–water partition coefficient (Wildman–Crippen LogP) is 1.11. The quantitative estimate of drug-likeness (QED) is 0.313. The fraction of sp³-hybridized carbons (Fsp3) is 0.200. The molecule has 0 unspecified atom stereocenters. The van der Waals surface area contributed by atoms with Crippen LogP contribution in [-0.4, -0.2) is 23.0 Å². The third-order valence-corrected chi connectivity index (χ3v) is 1.76. The predicted molar refractivity (Wildman–Crippen MR) is 52.3 cm³/mol. The number of rotatable bonds is 5. The van der Waals surface area contributed by atoms with Crippen molar-refractivity contribution < 1.29 is 14.5 Å². The van der Waals surface area contributed by atoms with E-state index >= 15 is 0 Å². The van der Waals surface area contributed by atoms with Crippen LogP contribution in [0.5, 0.6) is 0 Å². The molecule has 1 aromatic rings. The highest BCUT2D eigenvalue weighted by molar-refractivity contribution is 6.08. The highest BCUT2D eigenvalue weighted by Gasteiger charge is 2.15. The lowest BCUT2D eigenvalue weighted by atomic mass is 10.1. The maximum Gasteiger partial charge on any atom is 0.261 e. The number of hydrogen-bond acceptors (Lipinski definition) is 4. The van der Waals surface area contributed by atoms with Crippen molar-refractivity contribution in [1.29, 1.82) is 0 Å². The summed E-state index contributed by atoms with van der Waals surface area (Å²) in [6.07, 6.45) is -0.412. The average Bonchev–Trinajstić information content (AvgIpc) is 2.17. The lowest BCUT2D eigenvalue weighted by Crippen LogP contribution is -2.17. The van der Waals surface area contributed by atoms with Crippen LogP contribution in [0.25, 0.3) is 0 Å². The van der Waals surface area contributed by atoms with Crippen LogP contribution >= 0.6 is 0 Å². The molecule has 1 aromatic carbocycles. The molecular formula is C10H9NO4. The van der Waals surface area contributed by atoms with E-state index in [1.54, 1.807) is 30.3 Å². The normalized spacial score (nSPS) is 9.60. The summed E-state index contributed by atoms with van der Waals surface area (Å²) in [7, 11) is 0. The summed E-state index contributed by atoms with van der Waals surface area (Å²) in [4.78, 5) is 31.6. The Morgan fingerprint density at radius 1 is 1.20 bits per heavy atom. The second-order valence-corrected chi connectivity index (χ2v) is 3.00. The van der Waals surface area contributed by atoms with E-state index < -0.39 is 23.7 Å². The van der Waals surface area contributed by atoms with Gasteiger partial charge in [0.25, 0.3) is 6.54 Å². The highest BCUT2D eigenvalue weighted by atomic mass is 16.6. The Labute approximate surface area is 85.9 Å². The summed E-state index contributed by atoms with van der Waals surface area (Å²) in [5.41, 5.74) is 0.397. The van der Waals surface area contributed by atoms with Gasteiger partial charge in [0.2, 0.25) is 5.78 Å². The van der Waals surface area contributed by atoms with Crippen molar-refractivity contribution >= 4 is 11.6 Å². The van der Waals surface area contributed by atoms with Gasteiger partial charge in [-0.1, -0.05) is 30.3 Å².